The van der Waals surface area contributed by atoms with Gasteiger partial charge in [0.25, 0.3) is 0 Å². The maximum atomic E-state index is 12.4. The molecular weight excluding hydrogens is 402 g/mol. The predicted molar refractivity (Wildman–Crippen MR) is 114 cm³/mol. The van der Waals surface area contributed by atoms with Crippen LogP contribution in [0.1, 0.15) is 18.4 Å². The molecule has 2 aliphatic heterocycles. The van der Waals surface area contributed by atoms with Gasteiger partial charge in [-0.15, -0.1) is 11.3 Å². The van der Waals surface area contributed by atoms with Gasteiger partial charge in [0.2, 0.25) is 18.6 Å². The topological polar surface area (TPSA) is 89.6 Å². The number of para-hydroxylation sites is 1. The van der Waals surface area contributed by atoms with E-state index >= 15 is 0 Å². The first-order valence-electron chi connectivity index (χ1n) is 9.70. The Morgan fingerprint density at radius 2 is 2.07 bits per heavy atom. The first kappa shape index (κ1) is 18.6. The number of amides is 2. The standard InChI is InChI=1S/C22H19N3O4S/c26-20(8-6-15-9-13-3-1-2-4-16(13)23-21(15)27)25-22-24-17(11-30-22)14-5-7-18-19(10-14)29-12-28-18/h1-5,7,10-11,15H,6,8-9,12H2,(H,23,27)(H,24,25,26). The van der Waals surface area contributed by atoms with E-state index in [1.54, 1.807) is 0 Å². The number of rotatable bonds is 5. The van der Waals surface area contributed by atoms with E-state index in [4.69, 9.17) is 9.47 Å². The molecule has 8 heteroatoms. The third-order valence-electron chi connectivity index (χ3n) is 5.25. The summed E-state index contributed by atoms with van der Waals surface area (Å²) in [6.07, 6.45) is 1.41. The van der Waals surface area contributed by atoms with Crippen LogP contribution in [0.25, 0.3) is 11.3 Å². The van der Waals surface area contributed by atoms with Gasteiger partial charge >= 0.3 is 0 Å². The number of nitrogens with zero attached hydrogens (tertiary/aromatic N) is 1. The summed E-state index contributed by atoms with van der Waals surface area (Å²) in [7, 11) is 0. The van der Waals surface area contributed by atoms with Gasteiger partial charge in [-0.05, 0) is 42.7 Å². The number of nitrogens with one attached hydrogen (secondary N) is 2. The summed E-state index contributed by atoms with van der Waals surface area (Å²) in [6, 6.07) is 13.4. The van der Waals surface area contributed by atoms with Crippen LogP contribution in [0.2, 0.25) is 0 Å². The summed E-state index contributed by atoms with van der Waals surface area (Å²) in [5, 5.41) is 8.18. The van der Waals surface area contributed by atoms with Gasteiger partial charge in [-0.25, -0.2) is 4.98 Å². The second kappa shape index (κ2) is 7.79. The molecule has 30 heavy (non-hydrogen) atoms. The highest BCUT2D eigenvalue weighted by Gasteiger charge is 2.26. The average Bonchev–Trinajstić information content (AvgIpc) is 3.41. The van der Waals surface area contributed by atoms with Crippen molar-refractivity contribution >= 4 is 34.0 Å². The Morgan fingerprint density at radius 1 is 1.20 bits per heavy atom. The lowest BCUT2D eigenvalue weighted by Crippen LogP contribution is -2.30. The summed E-state index contributed by atoms with van der Waals surface area (Å²) in [6.45, 7) is 0.224. The molecule has 0 saturated carbocycles. The fourth-order valence-corrected chi connectivity index (χ4v) is 4.39. The van der Waals surface area contributed by atoms with Crippen LogP contribution in [-0.2, 0) is 16.0 Å². The second-order valence-corrected chi connectivity index (χ2v) is 8.10. The fourth-order valence-electron chi connectivity index (χ4n) is 3.65. The third-order valence-corrected chi connectivity index (χ3v) is 6.01. The molecule has 3 heterocycles. The normalized spacial score (nSPS) is 16.7. The zero-order chi connectivity index (χ0) is 20.5. The van der Waals surface area contributed by atoms with Crippen molar-refractivity contribution in [1.82, 2.24) is 4.98 Å². The molecule has 1 aromatic heterocycles. The van der Waals surface area contributed by atoms with Crippen LogP contribution in [0.15, 0.2) is 47.8 Å². The number of thiazole rings is 1. The van der Waals surface area contributed by atoms with Crippen LogP contribution in [0.5, 0.6) is 11.5 Å². The van der Waals surface area contributed by atoms with E-state index in [0.29, 0.717) is 23.7 Å². The Balaban J connectivity index is 1.18. The smallest absolute Gasteiger partial charge is 0.231 e. The predicted octanol–water partition coefficient (Wildman–Crippen LogP) is 4.07. The largest absolute Gasteiger partial charge is 0.454 e. The van der Waals surface area contributed by atoms with Crippen molar-refractivity contribution in [2.24, 2.45) is 5.92 Å². The van der Waals surface area contributed by atoms with Gasteiger partial charge in [0.15, 0.2) is 16.6 Å². The average molecular weight is 421 g/mol. The van der Waals surface area contributed by atoms with Gasteiger partial charge in [-0.1, -0.05) is 18.2 Å². The minimum absolute atomic E-state index is 0.0270. The van der Waals surface area contributed by atoms with Crippen LogP contribution in [-0.4, -0.2) is 23.6 Å². The Bertz CT molecular complexity index is 1130. The molecule has 2 amide bonds. The highest BCUT2D eigenvalue weighted by Crippen LogP contribution is 2.36. The molecule has 0 bridgehead atoms. The Labute approximate surface area is 177 Å². The summed E-state index contributed by atoms with van der Waals surface area (Å²) in [4.78, 5) is 29.2. The van der Waals surface area contributed by atoms with Gasteiger partial charge < -0.3 is 20.1 Å². The highest BCUT2D eigenvalue weighted by atomic mass is 32.1. The van der Waals surface area contributed by atoms with E-state index in [2.05, 4.69) is 15.6 Å². The fraction of sp³-hybridized carbons (Fsp3) is 0.227. The lowest BCUT2D eigenvalue weighted by Gasteiger charge is -2.24. The number of aromatic nitrogens is 1. The van der Waals surface area contributed by atoms with Gasteiger partial charge in [-0.2, -0.15) is 0 Å². The molecule has 2 N–H and O–H groups in total. The zero-order valence-corrected chi connectivity index (χ0v) is 16.8. The minimum atomic E-state index is -0.203. The lowest BCUT2D eigenvalue weighted by molar-refractivity contribution is -0.121. The highest BCUT2D eigenvalue weighted by molar-refractivity contribution is 7.14. The number of anilines is 2. The number of carbonyl (C=O) groups excluding carboxylic acids is 2. The van der Waals surface area contributed by atoms with Gasteiger partial charge in [-0.3, -0.25) is 9.59 Å². The number of ether oxygens (including phenoxy) is 2. The maximum Gasteiger partial charge on any atom is 0.231 e. The summed E-state index contributed by atoms with van der Waals surface area (Å²) in [5.41, 5.74) is 3.63. The van der Waals surface area contributed by atoms with Crippen LogP contribution in [0.3, 0.4) is 0 Å². The van der Waals surface area contributed by atoms with E-state index in [1.807, 2.05) is 47.8 Å². The lowest BCUT2D eigenvalue weighted by atomic mass is 9.89. The van der Waals surface area contributed by atoms with Gasteiger partial charge in [0.1, 0.15) is 0 Å². The summed E-state index contributed by atoms with van der Waals surface area (Å²) >= 11 is 1.36. The monoisotopic (exact) mass is 421 g/mol. The van der Waals surface area contributed by atoms with Crippen molar-refractivity contribution in [3.8, 4) is 22.8 Å². The molecule has 1 unspecified atom stereocenters. The van der Waals surface area contributed by atoms with E-state index in [9.17, 15) is 9.59 Å². The van der Waals surface area contributed by atoms with Crippen molar-refractivity contribution in [3.63, 3.8) is 0 Å². The van der Waals surface area contributed by atoms with Gasteiger partial charge in [0, 0.05) is 29.0 Å². The molecule has 0 fully saturated rings. The minimum Gasteiger partial charge on any atom is -0.454 e. The van der Waals surface area contributed by atoms with E-state index in [0.717, 1.165) is 28.3 Å². The molecule has 0 aliphatic carbocycles. The van der Waals surface area contributed by atoms with Crippen LogP contribution in [0.4, 0.5) is 10.8 Å². The van der Waals surface area contributed by atoms with Crippen molar-refractivity contribution < 1.29 is 19.1 Å². The zero-order valence-electron chi connectivity index (χ0n) is 16.0. The second-order valence-electron chi connectivity index (χ2n) is 7.24. The number of hydrogen-bond acceptors (Lipinski definition) is 6. The SMILES string of the molecule is O=C(CCC1Cc2ccccc2NC1=O)Nc1nc(-c2ccc3c(c2)OCO3)cs1. The molecule has 2 aliphatic rings. The first-order valence-corrected chi connectivity index (χ1v) is 10.6. The van der Waals surface area contributed by atoms with Crippen molar-refractivity contribution in [1.29, 1.82) is 0 Å². The maximum absolute atomic E-state index is 12.4. The number of benzene rings is 2. The Morgan fingerprint density at radius 3 is 3.00 bits per heavy atom. The van der Waals surface area contributed by atoms with Crippen LogP contribution in [0, 0.1) is 5.92 Å². The number of carbonyl (C=O) groups is 2. The van der Waals surface area contributed by atoms with Crippen molar-refractivity contribution in [2.45, 2.75) is 19.3 Å². The van der Waals surface area contributed by atoms with Gasteiger partial charge in [0.05, 0.1) is 5.69 Å². The Kier molecular flexibility index (Phi) is 4.84. The number of hydrogen-bond donors (Lipinski definition) is 2. The third kappa shape index (κ3) is 3.73. The van der Waals surface area contributed by atoms with E-state index < -0.39 is 0 Å². The van der Waals surface area contributed by atoms with Crippen molar-refractivity contribution in [3.05, 3.63) is 53.4 Å². The molecule has 3 aromatic rings. The molecule has 0 radical (unpaired) electrons. The molecule has 5 rings (SSSR count). The quantitative estimate of drug-likeness (QED) is 0.648. The molecule has 1 atom stereocenters. The molecule has 152 valence electrons. The van der Waals surface area contributed by atoms with E-state index in [-0.39, 0.29) is 30.9 Å². The summed E-state index contributed by atoms with van der Waals surface area (Å²) in [5.74, 6) is 1.04. The molecular formula is C22H19N3O4S. The Hall–Kier alpha value is -3.39. The first-order chi connectivity index (χ1) is 14.7. The van der Waals surface area contributed by atoms with Crippen LogP contribution >= 0.6 is 11.3 Å². The molecule has 0 saturated heterocycles. The molecule has 7 nitrogen and oxygen atoms in total. The van der Waals surface area contributed by atoms with E-state index in [1.165, 1.54) is 11.3 Å². The van der Waals surface area contributed by atoms with Crippen LogP contribution < -0.4 is 20.1 Å². The molecule has 0 spiro atoms. The number of fused-ring (bicyclic) bond motifs is 2. The molecule has 2 aromatic carbocycles. The summed E-state index contributed by atoms with van der Waals surface area (Å²) < 4.78 is 10.7. The van der Waals surface area contributed by atoms with Crippen molar-refractivity contribution in [2.75, 3.05) is 17.4 Å².